The topological polar surface area (TPSA) is 9.23 Å². The van der Waals surface area contributed by atoms with Crippen LogP contribution < -0.4 is 4.74 Å². The number of hydrogen-bond donors (Lipinski definition) is 0. The van der Waals surface area contributed by atoms with Crippen LogP contribution in [0.5, 0.6) is 5.75 Å². The second-order valence-electron chi connectivity index (χ2n) is 2.78. The fourth-order valence-corrected chi connectivity index (χ4v) is 2.54. The van der Waals surface area contributed by atoms with Gasteiger partial charge in [0.1, 0.15) is 0 Å². The Morgan fingerprint density at radius 3 is 2.00 bits per heavy atom. The van der Waals surface area contributed by atoms with Crippen molar-refractivity contribution in [3.63, 3.8) is 0 Å². The SMILES string of the molecule is FC(F)(F)Oc1c(I)ccc(C(F)(F)F)c1Br. The highest BCUT2D eigenvalue weighted by Gasteiger charge is 2.38. The van der Waals surface area contributed by atoms with Gasteiger partial charge in [0, 0.05) is 0 Å². The van der Waals surface area contributed by atoms with E-state index in [4.69, 9.17) is 0 Å². The Morgan fingerprint density at radius 2 is 1.59 bits per heavy atom. The minimum atomic E-state index is -5.05. The van der Waals surface area contributed by atoms with Gasteiger partial charge in [0.05, 0.1) is 13.6 Å². The van der Waals surface area contributed by atoms with Crippen molar-refractivity contribution in [3.8, 4) is 5.75 Å². The third-order valence-corrected chi connectivity index (χ3v) is 3.21. The fourth-order valence-electron chi connectivity index (χ4n) is 0.961. The van der Waals surface area contributed by atoms with Crippen LogP contribution >= 0.6 is 38.5 Å². The first kappa shape index (κ1) is 14.9. The Kier molecular flexibility index (Phi) is 4.22. The van der Waals surface area contributed by atoms with Gasteiger partial charge >= 0.3 is 12.5 Å². The molecule has 0 heterocycles. The van der Waals surface area contributed by atoms with Crippen LogP contribution in [0.2, 0.25) is 0 Å². The summed E-state index contributed by atoms with van der Waals surface area (Å²) in [5.74, 6) is -0.895. The standard InChI is InChI=1S/C8H2BrF6IO/c9-5-3(7(10,11)12)1-2-4(16)6(5)17-8(13,14)15/h1-2H. The van der Waals surface area contributed by atoms with Gasteiger partial charge in [-0.1, -0.05) is 0 Å². The summed E-state index contributed by atoms with van der Waals surface area (Å²) in [5, 5.41) is 0. The average Bonchev–Trinajstić information content (AvgIpc) is 2.08. The molecule has 0 spiro atoms. The molecule has 1 aromatic carbocycles. The second-order valence-corrected chi connectivity index (χ2v) is 4.74. The first-order valence-corrected chi connectivity index (χ1v) is 5.70. The highest BCUT2D eigenvalue weighted by Crippen LogP contribution is 2.43. The molecule has 0 amide bonds. The minimum absolute atomic E-state index is 0.0835. The molecule has 0 aromatic heterocycles. The van der Waals surface area contributed by atoms with E-state index in [9.17, 15) is 26.3 Å². The molecule has 0 aliphatic heterocycles. The lowest BCUT2D eigenvalue weighted by atomic mass is 10.2. The van der Waals surface area contributed by atoms with Crippen LogP contribution in [0.4, 0.5) is 26.3 Å². The lowest BCUT2D eigenvalue weighted by Gasteiger charge is -2.16. The zero-order chi connectivity index (χ0) is 13.4. The van der Waals surface area contributed by atoms with Crippen molar-refractivity contribution in [2.24, 2.45) is 0 Å². The van der Waals surface area contributed by atoms with Crippen LogP contribution in [0.25, 0.3) is 0 Å². The van der Waals surface area contributed by atoms with Crippen molar-refractivity contribution < 1.29 is 31.1 Å². The van der Waals surface area contributed by atoms with E-state index < -0.39 is 28.3 Å². The summed E-state index contributed by atoms with van der Waals surface area (Å²) in [5.41, 5.74) is -1.22. The molecule has 0 unspecified atom stereocenters. The zero-order valence-electron chi connectivity index (χ0n) is 7.59. The Balaban J connectivity index is 3.31. The summed E-state index contributed by atoms with van der Waals surface area (Å²) in [6.07, 6.45) is -9.81. The van der Waals surface area contributed by atoms with Crippen LogP contribution in [0.3, 0.4) is 0 Å². The van der Waals surface area contributed by atoms with E-state index in [2.05, 4.69) is 20.7 Å². The van der Waals surface area contributed by atoms with Crippen LogP contribution in [0.1, 0.15) is 5.56 Å². The summed E-state index contributed by atoms with van der Waals surface area (Å²) >= 11 is 3.92. The van der Waals surface area contributed by atoms with E-state index in [1.807, 2.05) is 0 Å². The van der Waals surface area contributed by atoms with Gasteiger partial charge in [0.15, 0.2) is 5.75 Å². The van der Waals surface area contributed by atoms with E-state index >= 15 is 0 Å². The van der Waals surface area contributed by atoms with Gasteiger partial charge in [-0.3, -0.25) is 0 Å². The van der Waals surface area contributed by atoms with E-state index in [0.29, 0.717) is 6.07 Å². The van der Waals surface area contributed by atoms with Gasteiger partial charge in [-0.15, -0.1) is 13.2 Å². The largest absolute Gasteiger partial charge is 0.573 e. The van der Waals surface area contributed by atoms with Crippen LogP contribution in [0, 0.1) is 3.57 Å². The molecular weight excluding hydrogens is 433 g/mol. The molecule has 0 saturated heterocycles. The fraction of sp³-hybridized carbons (Fsp3) is 0.250. The molecular formula is C8H2BrF6IO. The van der Waals surface area contributed by atoms with E-state index in [0.717, 1.165) is 6.07 Å². The third kappa shape index (κ3) is 3.90. The van der Waals surface area contributed by atoms with E-state index in [-0.39, 0.29) is 3.57 Å². The van der Waals surface area contributed by atoms with Crippen LogP contribution in [0.15, 0.2) is 16.6 Å². The van der Waals surface area contributed by atoms with Gasteiger partial charge in [0.2, 0.25) is 0 Å². The predicted molar refractivity (Wildman–Crippen MR) is 58.5 cm³/mol. The number of ether oxygens (including phenoxy) is 1. The Morgan fingerprint density at radius 1 is 1.06 bits per heavy atom. The molecule has 0 N–H and O–H groups in total. The molecule has 0 bridgehead atoms. The molecule has 17 heavy (non-hydrogen) atoms. The van der Waals surface area contributed by atoms with Crippen LogP contribution in [-0.4, -0.2) is 6.36 Å². The van der Waals surface area contributed by atoms with Crippen molar-refractivity contribution in [1.82, 2.24) is 0 Å². The van der Waals surface area contributed by atoms with Crippen molar-refractivity contribution in [3.05, 3.63) is 25.7 Å². The number of alkyl halides is 6. The molecule has 0 saturated carbocycles. The van der Waals surface area contributed by atoms with Gasteiger partial charge in [0.25, 0.3) is 0 Å². The van der Waals surface area contributed by atoms with Crippen molar-refractivity contribution in [2.45, 2.75) is 12.5 Å². The maximum atomic E-state index is 12.4. The number of rotatable bonds is 1. The van der Waals surface area contributed by atoms with Crippen molar-refractivity contribution in [2.75, 3.05) is 0 Å². The normalized spacial score (nSPS) is 12.7. The van der Waals surface area contributed by atoms with Gasteiger partial charge in [-0.05, 0) is 50.7 Å². The van der Waals surface area contributed by atoms with Gasteiger partial charge in [-0.2, -0.15) is 13.2 Å². The molecule has 0 fully saturated rings. The molecule has 9 heteroatoms. The summed E-state index contributed by atoms with van der Waals surface area (Å²) in [4.78, 5) is 0. The molecule has 0 aliphatic rings. The highest BCUT2D eigenvalue weighted by atomic mass is 127. The minimum Gasteiger partial charge on any atom is -0.403 e. The quantitative estimate of drug-likeness (QED) is 0.448. The zero-order valence-corrected chi connectivity index (χ0v) is 11.3. The van der Waals surface area contributed by atoms with Crippen molar-refractivity contribution >= 4 is 38.5 Å². The van der Waals surface area contributed by atoms with E-state index in [1.54, 1.807) is 0 Å². The molecule has 0 aliphatic carbocycles. The Bertz CT molecular complexity index is 427. The summed E-state index contributed by atoms with van der Waals surface area (Å²) in [6.45, 7) is 0. The summed E-state index contributed by atoms with van der Waals surface area (Å²) < 4.78 is 76.0. The monoisotopic (exact) mass is 434 g/mol. The molecule has 0 atom stereocenters. The number of hydrogen-bond acceptors (Lipinski definition) is 1. The maximum Gasteiger partial charge on any atom is 0.573 e. The Hall–Kier alpha value is -0.190. The van der Waals surface area contributed by atoms with Crippen LogP contribution in [-0.2, 0) is 6.18 Å². The third-order valence-electron chi connectivity index (χ3n) is 1.57. The molecule has 0 radical (unpaired) electrons. The molecule has 1 rings (SSSR count). The first-order valence-electron chi connectivity index (χ1n) is 3.83. The average molecular weight is 435 g/mol. The Labute approximate surface area is 113 Å². The van der Waals surface area contributed by atoms with E-state index in [1.165, 1.54) is 22.6 Å². The second kappa shape index (κ2) is 4.82. The maximum absolute atomic E-state index is 12.4. The number of halogens is 8. The smallest absolute Gasteiger partial charge is 0.403 e. The number of benzene rings is 1. The molecule has 1 aromatic rings. The van der Waals surface area contributed by atoms with Gasteiger partial charge in [-0.25, -0.2) is 0 Å². The first-order chi connectivity index (χ1) is 7.52. The lowest BCUT2D eigenvalue weighted by molar-refractivity contribution is -0.275. The molecule has 1 nitrogen and oxygen atoms in total. The highest BCUT2D eigenvalue weighted by molar-refractivity contribution is 14.1. The molecule has 96 valence electrons. The van der Waals surface area contributed by atoms with Gasteiger partial charge < -0.3 is 4.74 Å². The lowest BCUT2D eigenvalue weighted by Crippen LogP contribution is -2.19. The van der Waals surface area contributed by atoms with Crippen molar-refractivity contribution in [1.29, 1.82) is 0 Å². The summed E-state index contributed by atoms with van der Waals surface area (Å²) in [7, 11) is 0. The summed E-state index contributed by atoms with van der Waals surface area (Å²) in [6, 6.07) is 1.57. The predicted octanol–water partition coefficient (Wildman–Crippen LogP) is 4.97.